The first-order valence-corrected chi connectivity index (χ1v) is 8.38. The molecule has 0 bridgehead atoms. The van der Waals surface area contributed by atoms with Gasteiger partial charge in [-0.3, -0.25) is 9.59 Å². The number of hydrogen-bond donors (Lipinski definition) is 2. The maximum Gasteiger partial charge on any atom is 0.274 e. The molecule has 2 N–H and O–H groups in total. The number of amides is 2. The SMILES string of the molecule is O=C(Nc1ccccc1)c1cccc(C(=O)Nc2cc(Cl)cc(Cl)c2)n1. The predicted molar refractivity (Wildman–Crippen MR) is 103 cm³/mol. The van der Waals surface area contributed by atoms with Crippen LogP contribution in [0.3, 0.4) is 0 Å². The van der Waals surface area contributed by atoms with E-state index in [2.05, 4.69) is 15.6 Å². The van der Waals surface area contributed by atoms with Crippen molar-refractivity contribution in [1.82, 2.24) is 4.98 Å². The number of pyridine rings is 1. The monoisotopic (exact) mass is 385 g/mol. The number of nitrogens with one attached hydrogen (secondary N) is 2. The number of rotatable bonds is 4. The summed E-state index contributed by atoms with van der Waals surface area (Å²) in [6.07, 6.45) is 0. The van der Waals surface area contributed by atoms with Crippen molar-refractivity contribution in [1.29, 1.82) is 0 Å². The number of hydrogen-bond acceptors (Lipinski definition) is 3. The van der Waals surface area contributed by atoms with Gasteiger partial charge in [-0.1, -0.05) is 47.5 Å². The summed E-state index contributed by atoms with van der Waals surface area (Å²) in [6, 6.07) is 18.3. The van der Waals surface area contributed by atoms with Crippen LogP contribution in [0.15, 0.2) is 66.7 Å². The molecular formula is C19H13Cl2N3O2. The molecule has 0 saturated heterocycles. The maximum absolute atomic E-state index is 12.4. The Morgan fingerprint density at radius 2 is 1.23 bits per heavy atom. The minimum absolute atomic E-state index is 0.0989. The Morgan fingerprint density at radius 3 is 1.81 bits per heavy atom. The molecule has 1 aromatic heterocycles. The highest BCUT2D eigenvalue weighted by atomic mass is 35.5. The third kappa shape index (κ3) is 4.59. The van der Waals surface area contributed by atoms with Crippen molar-refractivity contribution in [3.8, 4) is 0 Å². The van der Waals surface area contributed by atoms with Crippen molar-refractivity contribution in [3.63, 3.8) is 0 Å². The van der Waals surface area contributed by atoms with Crippen LogP contribution in [0.25, 0.3) is 0 Å². The molecule has 0 spiro atoms. The van der Waals surface area contributed by atoms with E-state index >= 15 is 0 Å². The van der Waals surface area contributed by atoms with E-state index in [1.165, 1.54) is 12.1 Å². The van der Waals surface area contributed by atoms with Gasteiger partial charge in [0, 0.05) is 21.4 Å². The van der Waals surface area contributed by atoms with Crippen LogP contribution in [0.4, 0.5) is 11.4 Å². The molecule has 26 heavy (non-hydrogen) atoms. The fourth-order valence-corrected chi connectivity index (χ4v) is 2.75. The molecule has 0 saturated carbocycles. The van der Waals surface area contributed by atoms with Gasteiger partial charge in [0.1, 0.15) is 11.4 Å². The molecule has 5 nitrogen and oxygen atoms in total. The number of aromatic nitrogens is 1. The number of anilines is 2. The maximum atomic E-state index is 12.4. The Bertz CT molecular complexity index is 942. The third-order valence-electron chi connectivity index (χ3n) is 3.37. The van der Waals surface area contributed by atoms with Crippen molar-refractivity contribution in [3.05, 3.63) is 88.2 Å². The van der Waals surface area contributed by atoms with Gasteiger partial charge in [0.05, 0.1) is 0 Å². The molecule has 0 atom stereocenters. The normalized spacial score (nSPS) is 10.2. The lowest BCUT2D eigenvalue weighted by Gasteiger charge is -2.08. The standard InChI is InChI=1S/C19H13Cl2N3O2/c20-12-9-13(21)11-15(10-12)23-19(26)17-8-4-7-16(24-17)18(25)22-14-5-2-1-3-6-14/h1-11H,(H,22,25)(H,23,26). The van der Waals surface area contributed by atoms with Gasteiger partial charge in [-0.05, 0) is 42.5 Å². The van der Waals surface area contributed by atoms with Gasteiger partial charge in [0.25, 0.3) is 11.8 Å². The van der Waals surface area contributed by atoms with Gasteiger partial charge >= 0.3 is 0 Å². The Hall–Kier alpha value is -2.89. The van der Waals surface area contributed by atoms with E-state index in [1.54, 1.807) is 36.4 Å². The van der Waals surface area contributed by atoms with Gasteiger partial charge < -0.3 is 10.6 Å². The summed E-state index contributed by atoms with van der Waals surface area (Å²) >= 11 is 11.8. The highest BCUT2D eigenvalue weighted by Crippen LogP contribution is 2.22. The van der Waals surface area contributed by atoms with Crippen LogP contribution in [0.5, 0.6) is 0 Å². The molecule has 0 aliphatic carbocycles. The zero-order chi connectivity index (χ0) is 18.5. The van der Waals surface area contributed by atoms with E-state index in [-0.39, 0.29) is 11.4 Å². The van der Waals surface area contributed by atoms with E-state index in [1.807, 2.05) is 18.2 Å². The fraction of sp³-hybridized carbons (Fsp3) is 0. The van der Waals surface area contributed by atoms with E-state index in [4.69, 9.17) is 23.2 Å². The number of halogens is 2. The molecule has 0 fully saturated rings. The minimum Gasteiger partial charge on any atom is -0.321 e. The summed E-state index contributed by atoms with van der Waals surface area (Å²) < 4.78 is 0. The molecule has 0 aliphatic rings. The summed E-state index contributed by atoms with van der Waals surface area (Å²) in [4.78, 5) is 28.8. The molecule has 3 rings (SSSR count). The quantitative estimate of drug-likeness (QED) is 0.671. The van der Waals surface area contributed by atoms with Gasteiger partial charge in [-0.2, -0.15) is 0 Å². The zero-order valence-electron chi connectivity index (χ0n) is 13.4. The molecule has 0 radical (unpaired) electrons. The van der Waals surface area contributed by atoms with Gasteiger partial charge in [0.2, 0.25) is 0 Å². The van der Waals surface area contributed by atoms with Crippen LogP contribution in [0.1, 0.15) is 21.0 Å². The molecule has 3 aromatic rings. The first kappa shape index (κ1) is 17.9. The van der Waals surface area contributed by atoms with Crippen LogP contribution in [-0.4, -0.2) is 16.8 Å². The van der Waals surface area contributed by atoms with Crippen molar-refractivity contribution < 1.29 is 9.59 Å². The molecule has 7 heteroatoms. The van der Waals surface area contributed by atoms with Crippen LogP contribution < -0.4 is 10.6 Å². The Labute approximate surface area is 160 Å². The van der Waals surface area contributed by atoms with Crippen molar-refractivity contribution in [2.75, 3.05) is 10.6 Å². The second-order valence-electron chi connectivity index (χ2n) is 5.34. The molecule has 2 amide bonds. The van der Waals surface area contributed by atoms with Crippen molar-refractivity contribution in [2.45, 2.75) is 0 Å². The summed E-state index contributed by atoms with van der Waals surface area (Å²) in [5, 5.41) is 6.17. The van der Waals surface area contributed by atoms with Crippen molar-refractivity contribution in [2.24, 2.45) is 0 Å². The summed E-state index contributed by atoms with van der Waals surface area (Å²) in [7, 11) is 0. The van der Waals surface area contributed by atoms with Gasteiger partial charge in [0.15, 0.2) is 0 Å². The minimum atomic E-state index is -0.474. The van der Waals surface area contributed by atoms with Crippen LogP contribution in [0.2, 0.25) is 10.0 Å². The number of benzene rings is 2. The Balaban J connectivity index is 1.75. The smallest absolute Gasteiger partial charge is 0.274 e. The number of carbonyl (C=O) groups excluding carboxylic acids is 2. The molecule has 1 heterocycles. The summed E-state index contributed by atoms with van der Waals surface area (Å²) in [5.41, 5.74) is 1.31. The van der Waals surface area contributed by atoms with E-state index in [0.717, 1.165) is 0 Å². The number of carbonyl (C=O) groups is 2. The van der Waals surface area contributed by atoms with E-state index < -0.39 is 11.8 Å². The average Bonchev–Trinajstić information content (AvgIpc) is 2.62. The first-order valence-electron chi connectivity index (χ1n) is 7.62. The van der Waals surface area contributed by atoms with Crippen LogP contribution in [0, 0.1) is 0 Å². The lowest BCUT2D eigenvalue weighted by atomic mass is 10.2. The molecular weight excluding hydrogens is 373 g/mol. The van der Waals surface area contributed by atoms with Crippen LogP contribution in [-0.2, 0) is 0 Å². The van der Waals surface area contributed by atoms with Crippen LogP contribution >= 0.6 is 23.2 Å². The fourth-order valence-electron chi connectivity index (χ4n) is 2.23. The highest BCUT2D eigenvalue weighted by Gasteiger charge is 2.13. The van der Waals surface area contributed by atoms with E-state index in [9.17, 15) is 9.59 Å². The lowest BCUT2D eigenvalue weighted by Crippen LogP contribution is -2.18. The first-order chi connectivity index (χ1) is 12.5. The largest absolute Gasteiger partial charge is 0.321 e. The van der Waals surface area contributed by atoms with Crippen molar-refractivity contribution >= 4 is 46.4 Å². The number of nitrogens with zero attached hydrogens (tertiary/aromatic N) is 1. The summed E-state index contributed by atoms with van der Waals surface area (Å²) in [5.74, 6) is -0.880. The van der Waals surface area contributed by atoms with Gasteiger partial charge in [-0.25, -0.2) is 4.98 Å². The molecule has 2 aromatic carbocycles. The Kier molecular flexibility index (Phi) is 5.51. The van der Waals surface area contributed by atoms with E-state index in [0.29, 0.717) is 21.4 Å². The third-order valence-corrected chi connectivity index (χ3v) is 3.80. The zero-order valence-corrected chi connectivity index (χ0v) is 14.9. The molecule has 0 aliphatic heterocycles. The second kappa shape index (κ2) is 7.99. The second-order valence-corrected chi connectivity index (χ2v) is 6.21. The topological polar surface area (TPSA) is 71.1 Å². The van der Waals surface area contributed by atoms with Gasteiger partial charge in [-0.15, -0.1) is 0 Å². The molecule has 0 unspecified atom stereocenters. The lowest BCUT2D eigenvalue weighted by molar-refractivity contribution is 0.101. The predicted octanol–water partition coefficient (Wildman–Crippen LogP) is 4.89. The summed E-state index contributed by atoms with van der Waals surface area (Å²) in [6.45, 7) is 0. The average molecular weight is 386 g/mol. The Morgan fingerprint density at radius 1 is 0.692 bits per heavy atom. The number of para-hydroxylation sites is 1. The molecule has 130 valence electrons. The highest BCUT2D eigenvalue weighted by molar-refractivity contribution is 6.35.